The maximum absolute atomic E-state index is 14.3. The molecule has 4 rings (SSSR count). The Kier molecular flexibility index (Phi) is 25.4. The van der Waals surface area contributed by atoms with Gasteiger partial charge in [-0.05, 0) is 56.6 Å². The molecule has 0 spiro atoms. The Balaban J connectivity index is 1.45. The molecule has 30 nitrogen and oxygen atoms in total. The second-order valence-electron chi connectivity index (χ2n) is 19.1. The van der Waals surface area contributed by atoms with Crippen LogP contribution in [0.25, 0.3) is 10.9 Å². The summed E-state index contributed by atoms with van der Waals surface area (Å²) in [4.78, 5) is 154. The molecule has 4 aromatic rings. The predicted octanol–water partition coefficient (Wildman–Crippen LogP) is -4.16. The largest absolute Gasteiger partial charge is 0.481 e. The number of aliphatic hydroxyl groups excluding tert-OH is 1. The van der Waals surface area contributed by atoms with Crippen molar-refractivity contribution < 1.29 is 63.3 Å². The summed E-state index contributed by atoms with van der Waals surface area (Å²) in [7, 11) is 0. The van der Waals surface area contributed by atoms with Crippen LogP contribution in [-0.4, -0.2) is 179 Å². The van der Waals surface area contributed by atoms with Crippen LogP contribution in [0.2, 0.25) is 0 Å². The SMILES string of the molecule is CC(C)C[C@H](NC(=O)[C@H](C)NC(=O)[C@H](CS)NC(=O)[C@@H](N)Cc1c[nH]c2ccccc12)C(=O)N[C@@H](CO)C(=O)N[C@@H](Cc1cnc[nH]1)C(=O)N[C@@H](Cc1cnc[nH]1)C(=O)N[C@@H](CCC(=O)O)C(=O)N[C@@H](CCCN=C(N)N)C(=O)O. The highest BCUT2D eigenvalue weighted by molar-refractivity contribution is 7.80. The summed E-state index contributed by atoms with van der Waals surface area (Å²) in [5.41, 5.74) is 19.1. The number of para-hydroxylation sites is 1. The van der Waals surface area contributed by atoms with Crippen molar-refractivity contribution in [3.05, 3.63) is 72.5 Å². The first-order chi connectivity index (χ1) is 38.0. The number of carboxylic acid groups (broad SMARTS) is 2. The molecule has 80 heavy (non-hydrogen) atoms. The van der Waals surface area contributed by atoms with Crippen LogP contribution in [0.1, 0.15) is 69.8 Å². The lowest BCUT2D eigenvalue weighted by atomic mass is 10.0. The first kappa shape index (κ1) is 63.9. The number of aliphatic carboxylic acids is 2. The third-order valence-corrected chi connectivity index (χ3v) is 12.6. The summed E-state index contributed by atoms with van der Waals surface area (Å²) in [6, 6.07) is -5.47. The highest BCUT2D eigenvalue weighted by Gasteiger charge is 2.35. The van der Waals surface area contributed by atoms with Crippen molar-refractivity contribution in [2.75, 3.05) is 18.9 Å². The zero-order valence-corrected chi connectivity index (χ0v) is 45.1. The van der Waals surface area contributed by atoms with E-state index in [0.717, 1.165) is 16.5 Å². The van der Waals surface area contributed by atoms with Gasteiger partial charge in [-0.25, -0.2) is 14.8 Å². The molecule has 0 aliphatic heterocycles. The quantitative estimate of drug-likeness (QED) is 0.00913. The second-order valence-corrected chi connectivity index (χ2v) is 19.5. The Morgan fingerprint density at radius 2 is 1.14 bits per heavy atom. The zero-order chi connectivity index (χ0) is 59.1. The predicted molar refractivity (Wildman–Crippen MR) is 290 cm³/mol. The number of aromatic amines is 3. The first-order valence-corrected chi connectivity index (χ1v) is 26.0. The number of nitrogens with one attached hydrogen (secondary N) is 11. The fourth-order valence-electron chi connectivity index (χ4n) is 7.99. The van der Waals surface area contributed by atoms with Gasteiger partial charge < -0.3 is 90.0 Å². The van der Waals surface area contributed by atoms with Crippen molar-refractivity contribution in [1.82, 2.24) is 67.5 Å². The zero-order valence-electron chi connectivity index (χ0n) is 44.2. The van der Waals surface area contributed by atoms with Gasteiger partial charge in [-0.2, -0.15) is 12.6 Å². The molecule has 9 atom stereocenters. The molecule has 0 saturated heterocycles. The van der Waals surface area contributed by atoms with Crippen LogP contribution in [0.5, 0.6) is 0 Å². The number of nitrogens with two attached hydrogens (primary N) is 3. The molecule has 20 N–H and O–H groups in total. The van der Waals surface area contributed by atoms with Gasteiger partial charge in [-0.3, -0.25) is 48.1 Å². The molecule has 1 aromatic carbocycles. The lowest BCUT2D eigenvalue weighted by molar-refractivity contribution is -0.143. The summed E-state index contributed by atoms with van der Waals surface area (Å²) in [6.45, 7) is 3.84. The number of carbonyl (C=O) groups excluding carboxylic acids is 8. The van der Waals surface area contributed by atoms with Crippen molar-refractivity contribution in [3.63, 3.8) is 0 Å². The van der Waals surface area contributed by atoms with E-state index < -0.39 is 133 Å². The number of aliphatic hydroxyl groups is 1. The highest BCUT2D eigenvalue weighted by Crippen LogP contribution is 2.19. The van der Waals surface area contributed by atoms with Gasteiger partial charge >= 0.3 is 11.9 Å². The molecular weight excluding hydrogens is 1070 g/mol. The fraction of sp³-hybridized carbons (Fsp3) is 0.490. The lowest BCUT2D eigenvalue weighted by Crippen LogP contribution is -2.61. The molecular formula is C49H71N17O13S. The molecule has 436 valence electrons. The molecule has 31 heteroatoms. The van der Waals surface area contributed by atoms with Gasteiger partial charge in [0, 0.05) is 72.4 Å². The van der Waals surface area contributed by atoms with Crippen LogP contribution in [0.15, 0.2) is 60.5 Å². The number of nitrogens with zero attached hydrogens (tertiary/aromatic N) is 3. The van der Waals surface area contributed by atoms with Gasteiger partial charge in [0.25, 0.3) is 0 Å². The summed E-state index contributed by atoms with van der Waals surface area (Å²) in [6.07, 6.45) is 5.33. The second kappa shape index (κ2) is 31.7. The molecule has 0 saturated carbocycles. The Bertz CT molecular complexity index is 2770. The van der Waals surface area contributed by atoms with Gasteiger partial charge in [0.15, 0.2) is 5.96 Å². The number of imidazole rings is 2. The number of aromatic nitrogens is 5. The third kappa shape index (κ3) is 20.7. The molecule has 0 radical (unpaired) electrons. The maximum atomic E-state index is 14.3. The normalized spacial score (nSPS) is 14.5. The van der Waals surface area contributed by atoms with Crippen LogP contribution in [0.4, 0.5) is 0 Å². The number of fused-ring (bicyclic) bond motifs is 1. The van der Waals surface area contributed by atoms with E-state index in [-0.39, 0.29) is 62.7 Å². The topological polar surface area (TPSA) is 491 Å². The van der Waals surface area contributed by atoms with Crippen molar-refractivity contribution in [1.29, 1.82) is 0 Å². The Labute approximate surface area is 464 Å². The van der Waals surface area contributed by atoms with Gasteiger partial charge in [-0.15, -0.1) is 0 Å². The summed E-state index contributed by atoms with van der Waals surface area (Å²) < 4.78 is 0. The number of carbonyl (C=O) groups is 10. The maximum Gasteiger partial charge on any atom is 0.326 e. The number of rotatable bonds is 34. The number of carboxylic acids is 2. The van der Waals surface area contributed by atoms with E-state index in [1.54, 1.807) is 20.0 Å². The minimum atomic E-state index is -1.75. The minimum Gasteiger partial charge on any atom is -0.481 e. The van der Waals surface area contributed by atoms with Crippen LogP contribution in [-0.2, 0) is 67.2 Å². The van der Waals surface area contributed by atoms with E-state index in [1.807, 2.05) is 24.3 Å². The number of benzene rings is 1. The Morgan fingerprint density at radius 1 is 0.625 bits per heavy atom. The molecule has 0 aliphatic carbocycles. The fourth-order valence-corrected chi connectivity index (χ4v) is 8.24. The number of guanidine groups is 1. The van der Waals surface area contributed by atoms with Crippen LogP contribution in [0, 0.1) is 5.92 Å². The van der Waals surface area contributed by atoms with E-state index in [2.05, 4.69) is 85.1 Å². The lowest BCUT2D eigenvalue weighted by Gasteiger charge is -2.27. The van der Waals surface area contributed by atoms with Crippen molar-refractivity contribution in [3.8, 4) is 0 Å². The minimum absolute atomic E-state index is 0.00590. The van der Waals surface area contributed by atoms with Crippen molar-refractivity contribution >= 4 is 88.7 Å². The average Bonchev–Trinajstić information content (AvgIpc) is 4.22. The summed E-state index contributed by atoms with van der Waals surface area (Å²) >= 11 is 4.21. The van der Waals surface area contributed by atoms with Crippen LogP contribution < -0.4 is 59.7 Å². The third-order valence-electron chi connectivity index (χ3n) is 12.2. The summed E-state index contributed by atoms with van der Waals surface area (Å²) in [5, 5.41) is 50.3. The first-order valence-electron chi connectivity index (χ1n) is 25.4. The van der Waals surface area contributed by atoms with E-state index in [9.17, 15) is 63.3 Å². The van der Waals surface area contributed by atoms with Crippen molar-refractivity contribution in [2.24, 2.45) is 28.1 Å². The monoisotopic (exact) mass is 1140 g/mol. The average molecular weight is 1140 g/mol. The molecule has 0 unspecified atom stereocenters. The van der Waals surface area contributed by atoms with Gasteiger partial charge in [-0.1, -0.05) is 32.0 Å². The molecule has 3 aromatic heterocycles. The van der Waals surface area contributed by atoms with E-state index in [0.29, 0.717) is 11.4 Å². The molecule has 3 heterocycles. The number of hydrogen-bond acceptors (Lipinski definition) is 16. The van der Waals surface area contributed by atoms with Crippen LogP contribution >= 0.6 is 12.6 Å². The number of amides is 8. The number of aliphatic imine (C=N–C) groups is 1. The van der Waals surface area contributed by atoms with Gasteiger partial charge in [0.1, 0.15) is 48.3 Å². The van der Waals surface area contributed by atoms with E-state index in [1.165, 1.54) is 32.0 Å². The molecule has 0 aliphatic rings. The molecule has 0 fully saturated rings. The Morgan fingerprint density at radius 3 is 1.68 bits per heavy atom. The molecule has 0 bridgehead atoms. The van der Waals surface area contributed by atoms with Crippen molar-refractivity contribution in [2.45, 2.75) is 127 Å². The number of hydrogen-bond donors (Lipinski definition) is 18. The van der Waals surface area contributed by atoms with Gasteiger partial charge in [0.05, 0.1) is 25.3 Å². The molecule has 8 amide bonds. The Hall–Kier alpha value is -8.58. The van der Waals surface area contributed by atoms with E-state index in [4.69, 9.17) is 17.2 Å². The number of H-pyrrole nitrogens is 3. The standard InChI is InChI=1S/C49H71N17O13S/c1-24(2)13-34(62-40(70)25(3)59-47(77)38(21-80)66-41(71)30(50)14-26-17-56-31-8-5-4-7-29(26)31)43(73)65-37(20-67)46(76)64-36(16-28-19-54-23-58-28)45(75)63-35(15-27-18-53-22-57-27)44(74)60-32(10-11-39(68)69)42(72)61-33(48(78)79)9-6-12-55-49(51)52/h4-5,7-8,17-19,22-25,30,32-38,56,67,80H,6,9-16,20-21,50H2,1-3H3,(H,53,57)(H,54,58)(H,59,77)(H,60,74)(H,61,72)(H,62,70)(H,63,75)(H,64,76)(H,65,73)(H,66,71)(H,68,69)(H,78,79)(H4,51,52,55)/t25-,30-,32-,33-,34-,35-,36-,37-,38-/m0/s1. The number of thiol groups is 1. The van der Waals surface area contributed by atoms with Gasteiger partial charge in [0.2, 0.25) is 47.3 Å². The van der Waals surface area contributed by atoms with E-state index >= 15 is 0 Å². The highest BCUT2D eigenvalue weighted by atomic mass is 32.1. The summed E-state index contributed by atoms with van der Waals surface area (Å²) in [5.74, 6) is -10.8. The van der Waals surface area contributed by atoms with Crippen LogP contribution in [0.3, 0.4) is 0 Å². The smallest absolute Gasteiger partial charge is 0.326 e.